The molecular weight excluding hydrogens is 534 g/mol. The smallest absolute Gasteiger partial charge is 0.135 e. The van der Waals surface area contributed by atoms with Gasteiger partial charge in [-0.3, -0.25) is 0 Å². The molecule has 0 unspecified atom stereocenters. The zero-order valence-corrected chi connectivity index (χ0v) is 23.8. The number of fused-ring (bicyclic) bond motifs is 12. The Morgan fingerprint density at radius 2 is 0.977 bits per heavy atom. The quantitative estimate of drug-likeness (QED) is 0.193. The normalized spacial score (nSPS) is 12.1. The molecule has 10 aromatic rings. The number of para-hydroxylation sites is 1. The Balaban J connectivity index is 1.26. The summed E-state index contributed by atoms with van der Waals surface area (Å²) >= 11 is 0. The van der Waals surface area contributed by atoms with Crippen LogP contribution in [0.25, 0.3) is 92.9 Å². The number of benzene rings is 8. The topological polar surface area (TPSA) is 18.1 Å². The van der Waals surface area contributed by atoms with Gasteiger partial charge in [-0.2, -0.15) is 0 Å². The average molecular weight is 560 g/mol. The maximum absolute atomic E-state index is 6.09. The van der Waals surface area contributed by atoms with E-state index in [1.807, 2.05) is 12.1 Å². The van der Waals surface area contributed by atoms with Gasteiger partial charge in [0.1, 0.15) is 11.2 Å². The van der Waals surface area contributed by atoms with Crippen LogP contribution in [-0.2, 0) is 0 Å². The number of rotatable bonds is 2. The Morgan fingerprint density at radius 1 is 0.386 bits per heavy atom. The van der Waals surface area contributed by atoms with E-state index in [2.05, 4.69) is 144 Å². The van der Waals surface area contributed by atoms with Crippen molar-refractivity contribution in [2.75, 3.05) is 0 Å². The lowest BCUT2D eigenvalue weighted by Gasteiger charge is -2.13. The Morgan fingerprint density at radius 3 is 1.77 bits per heavy atom. The molecule has 0 saturated carbocycles. The minimum Gasteiger partial charge on any atom is -0.456 e. The van der Waals surface area contributed by atoms with Gasteiger partial charge in [-0.15, -0.1) is 0 Å². The molecule has 8 aromatic carbocycles. The first-order chi connectivity index (χ1) is 21.8. The van der Waals surface area contributed by atoms with Crippen LogP contribution in [0, 0.1) is 0 Å². The zero-order chi connectivity index (χ0) is 28.8. The molecule has 0 saturated heterocycles. The molecule has 2 heterocycles. The van der Waals surface area contributed by atoms with E-state index in [4.69, 9.17) is 4.42 Å². The molecule has 10 rings (SSSR count). The molecule has 0 atom stereocenters. The van der Waals surface area contributed by atoms with Crippen LogP contribution < -0.4 is 0 Å². The maximum atomic E-state index is 6.09. The van der Waals surface area contributed by atoms with Crippen molar-refractivity contribution in [3.05, 3.63) is 152 Å². The fourth-order valence-corrected chi connectivity index (χ4v) is 7.34. The molecule has 0 spiro atoms. The third-order valence-corrected chi connectivity index (χ3v) is 9.34. The van der Waals surface area contributed by atoms with Crippen molar-refractivity contribution in [3.8, 4) is 16.8 Å². The van der Waals surface area contributed by atoms with Crippen molar-refractivity contribution in [2.24, 2.45) is 0 Å². The fraction of sp³-hybridized carbons (Fsp3) is 0. The summed E-state index contributed by atoms with van der Waals surface area (Å²) in [6.07, 6.45) is 0. The summed E-state index contributed by atoms with van der Waals surface area (Å²) in [7, 11) is 0. The third kappa shape index (κ3) is 3.25. The Kier molecular flexibility index (Phi) is 4.75. The summed E-state index contributed by atoms with van der Waals surface area (Å²) in [5.41, 5.74) is 7.83. The van der Waals surface area contributed by atoms with Gasteiger partial charge in [0.15, 0.2) is 0 Å². The number of hydrogen-bond donors (Lipinski definition) is 0. The second-order valence-corrected chi connectivity index (χ2v) is 11.7. The largest absolute Gasteiger partial charge is 0.456 e. The molecule has 0 aliphatic rings. The van der Waals surface area contributed by atoms with Crippen molar-refractivity contribution >= 4 is 76.1 Å². The van der Waals surface area contributed by atoms with Crippen LogP contribution in [0.15, 0.2) is 156 Å². The highest BCUT2D eigenvalue weighted by molar-refractivity contribution is 6.33. The number of nitrogens with zero attached hydrogens (tertiary/aromatic N) is 1. The van der Waals surface area contributed by atoms with E-state index in [0.29, 0.717) is 0 Å². The monoisotopic (exact) mass is 559 g/mol. The highest BCUT2D eigenvalue weighted by Crippen LogP contribution is 2.43. The molecule has 0 aliphatic heterocycles. The summed E-state index contributed by atoms with van der Waals surface area (Å²) < 4.78 is 8.56. The molecule has 204 valence electrons. The van der Waals surface area contributed by atoms with Gasteiger partial charge in [-0.05, 0) is 80.5 Å². The van der Waals surface area contributed by atoms with E-state index < -0.39 is 0 Å². The Labute approximate surface area is 253 Å². The molecule has 2 nitrogen and oxygen atoms in total. The van der Waals surface area contributed by atoms with Crippen molar-refractivity contribution < 1.29 is 4.42 Å². The van der Waals surface area contributed by atoms with Gasteiger partial charge in [0, 0.05) is 32.6 Å². The lowest BCUT2D eigenvalue weighted by atomic mass is 9.96. The Bertz CT molecular complexity index is 2760. The van der Waals surface area contributed by atoms with Crippen molar-refractivity contribution in [2.45, 2.75) is 0 Å². The van der Waals surface area contributed by atoms with E-state index in [-0.39, 0.29) is 0 Å². The van der Waals surface area contributed by atoms with E-state index in [0.717, 1.165) is 27.6 Å². The molecular formula is C42H25NO. The van der Waals surface area contributed by atoms with Crippen LogP contribution in [0.1, 0.15) is 0 Å². The van der Waals surface area contributed by atoms with E-state index in [1.165, 1.54) is 65.3 Å². The van der Waals surface area contributed by atoms with Gasteiger partial charge >= 0.3 is 0 Å². The molecule has 0 aliphatic carbocycles. The number of aromatic nitrogens is 1. The molecule has 0 bridgehead atoms. The van der Waals surface area contributed by atoms with Gasteiger partial charge in [0.25, 0.3) is 0 Å². The molecule has 0 N–H and O–H groups in total. The van der Waals surface area contributed by atoms with E-state index in [9.17, 15) is 0 Å². The van der Waals surface area contributed by atoms with E-state index >= 15 is 0 Å². The fourth-order valence-electron chi connectivity index (χ4n) is 7.34. The van der Waals surface area contributed by atoms with Crippen LogP contribution in [0.4, 0.5) is 0 Å². The van der Waals surface area contributed by atoms with Gasteiger partial charge in [-0.1, -0.05) is 109 Å². The maximum Gasteiger partial charge on any atom is 0.135 e. The van der Waals surface area contributed by atoms with Gasteiger partial charge < -0.3 is 8.98 Å². The lowest BCUT2D eigenvalue weighted by Crippen LogP contribution is -1.95. The first-order valence-corrected chi connectivity index (χ1v) is 15.1. The summed E-state index contributed by atoms with van der Waals surface area (Å²) in [6.45, 7) is 0. The van der Waals surface area contributed by atoms with Crippen LogP contribution >= 0.6 is 0 Å². The molecule has 0 amide bonds. The standard InChI is InChI=1S/C42H25NO/c1-2-10-28-25-38-37(24-27(28)9-1)41-34-14-5-3-11-31(34)32-12-4-6-15-35(32)42(41)43(38)30-20-17-26(18-21-30)29-19-22-40-36(23-29)33-13-7-8-16-39(33)44-40/h1-25H. The summed E-state index contributed by atoms with van der Waals surface area (Å²) in [6, 6.07) is 54.9. The molecule has 0 fully saturated rings. The summed E-state index contributed by atoms with van der Waals surface area (Å²) in [5.74, 6) is 0. The van der Waals surface area contributed by atoms with Gasteiger partial charge in [-0.25, -0.2) is 0 Å². The second kappa shape index (κ2) is 8.82. The molecule has 0 radical (unpaired) electrons. The van der Waals surface area contributed by atoms with Gasteiger partial charge in [0.05, 0.1) is 11.0 Å². The highest BCUT2D eigenvalue weighted by atomic mass is 16.3. The molecule has 44 heavy (non-hydrogen) atoms. The highest BCUT2D eigenvalue weighted by Gasteiger charge is 2.19. The SMILES string of the molecule is c1ccc2cc3c(cc2c1)c1c2ccccc2c2ccccc2c1n3-c1ccc(-c2ccc3oc4ccccc4c3c2)cc1. The first kappa shape index (κ1) is 23.7. The second-order valence-electron chi connectivity index (χ2n) is 11.7. The number of hydrogen-bond acceptors (Lipinski definition) is 1. The minimum absolute atomic E-state index is 0.920. The van der Waals surface area contributed by atoms with Crippen LogP contribution in [0.2, 0.25) is 0 Å². The van der Waals surface area contributed by atoms with Crippen LogP contribution in [0.3, 0.4) is 0 Å². The van der Waals surface area contributed by atoms with Crippen molar-refractivity contribution in [3.63, 3.8) is 0 Å². The third-order valence-electron chi connectivity index (χ3n) is 9.34. The van der Waals surface area contributed by atoms with Crippen molar-refractivity contribution in [1.82, 2.24) is 4.57 Å². The van der Waals surface area contributed by atoms with Gasteiger partial charge in [0.2, 0.25) is 0 Å². The van der Waals surface area contributed by atoms with Crippen molar-refractivity contribution in [1.29, 1.82) is 0 Å². The average Bonchev–Trinajstić information content (AvgIpc) is 3.63. The minimum atomic E-state index is 0.920. The summed E-state index contributed by atoms with van der Waals surface area (Å²) in [4.78, 5) is 0. The van der Waals surface area contributed by atoms with Crippen LogP contribution in [-0.4, -0.2) is 4.57 Å². The molecule has 2 aromatic heterocycles. The number of furan rings is 1. The summed E-state index contributed by atoms with van der Waals surface area (Å²) in [5, 5.41) is 12.5. The Hall–Kier alpha value is -5.86. The lowest BCUT2D eigenvalue weighted by molar-refractivity contribution is 0.669. The zero-order valence-electron chi connectivity index (χ0n) is 23.8. The predicted octanol–water partition coefficient (Wildman–Crippen LogP) is 11.8. The van der Waals surface area contributed by atoms with E-state index in [1.54, 1.807) is 0 Å². The first-order valence-electron chi connectivity index (χ1n) is 15.1. The molecule has 2 heteroatoms. The van der Waals surface area contributed by atoms with Crippen LogP contribution in [0.5, 0.6) is 0 Å². The predicted molar refractivity (Wildman–Crippen MR) is 186 cm³/mol.